The molecule has 0 aromatic heterocycles. The molecule has 0 aliphatic heterocycles. The number of hydrogen-bond donors (Lipinski definition) is 7. The van der Waals surface area contributed by atoms with Crippen LogP contribution >= 0.6 is 0 Å². The third-order valence-corrected chi connectivity index (χ3v) is 3.69. The van der Waals surface area contributed by atoms with Crippen LogP contribution in [0.15, 0.2) is 0 Å². The van der Waals surface area contributed by atoms with E-state index in [2.05, 4.69) is 10.6 Å². The van der Waals surface area contributed by atoms with Crippen LogP contribution in [-0.2, 0) is 33.6 Å². The molecule has 3 amide bonds. The van der Waals surface area contributed by atoms with Crippen LogP contribution in [0, 0.1) is 5.92 Å². The summed E-state index contributed by atoms with van der Waals surface area (Å²) in [4.78, 5) is 79.5. The van der Waals surface area contributed by atoms with Crippen LogP contribution in [0.1, 0.15) is 33.1 Å². The van der Waals surface area contributed by atoms with Crippen molar-refractivity contribution in [3.05, 3.63) is 0 Å². The lowest BCUT2D eigenvalue weighted by atomic mass is 10.1. The SMILES string of the molecule is C[C@H](NC(=O)[C@H](CC(=O)O)NC(=O)[C@@H](C)CC(=O)O)C(=O)N[C@@H](CC(=O)O)C(=O)O. The smallest absolute Gasteiger partial charge is 0.326 e. The van der Waals surface area contributed by atoms with E-state index >= 15 is 0 Å². The number of carbonyl (C=O) groups is 7. The van der Waals surface area contributed by atoms with E-state index in [1.54, 1.807) is 0 Å². The van der Waals surface area contributed by atoms with E-state index in [-0.39, 0.29) is 0 Å². The summed E-state index contributed by atoms with van der Waals surface area (Å²) in [5.41, 5.74) is 0. The maximum Gasteiger partial charge on any atom is 0.326 e. The van der Waals surface area contributed by atoms with Gasteiger partial charge >= 0.3 is 23.9 Å². The average Bonchev–Trinajstić information content (AvgIpc) is 2.58. The summed E-state index contributed by atoms with van der Waals surface area (Å²) < 4.78 is 0. The molecule has 14 heteroatoms. The van der Waals surface area contributed by atoms with Crippen molar-refractivity contribution < 1.29 is 54.0 Å². The first kappa shape index (κ1) is 26.3. The van der Waals surface area contributed by atoms with E-state index in [9.17, 15) is 33.6 Å². The van der Waals surface area contributed by atoms with E-state index in [4.69, 9.17) is 20.4 Å². The highest BCUT2D eigenvalue weighted by Crippen LogP contribution is 2.04. The Morgan fingerprint density at radius 1 is 0.600 bits per heavy atom. The second-order valence-electron chi connectivity index (χ2n) is 6.39. The molecule has 0 aromatic rings. The fourth-order valence-corrected chi connectivity index (χ4v) is 2.10. The lowest BCUT2D eigenvalue weighted by molar-refractivity contribution is -0.147. The van der Waals surface area contributed by atoms with Crippen molar-refractivity contribution in [3.8, 4) is 0 Å². The number of rotatable bonds is 13. The molecular weight excluding hydrogens is 410 g/mol. The Kier molecular flexibility index (Phi) is 10.5. The van der Waals surface area contributed by atoms with Crippen molar-refractivity contribution >= 4 is 41.6 Å². The van der Waals surface area contributed by atoms with Gasteiger partial charge in [0.25, 0.3) is 0 Å². The molecule has 0 aliphatic rings. The maximum absolute atomic E-state index is 12.3. The van der Waals surface area contributed by atoms with Gasteiger partial charge in [0.2, 0.25) is 17.7 Å². The highest BCUT2D eigenvalue weighted by atomic mass is 16.4. The van der Waals surface area contributed by atoms with Gasteiger partial charge < -0.3 is 36.4 Å². The predicted molar refractivity (Wildman–Crippen MR) is 95.0 cm³/mol. The summed E-state index contributed by atoms with van der Waals surface area (Å²) in [6.45, 7) is 2.38. The zero-order valence-electron chi connectivity index (χ0n) is 16.1. The van der Waals surface area contributed by atoms with Crippen molar-refractivity contribution in [2.24, 2.45) is 5.92 Å². The molecule has 7 N–H and O–H groups in total. The number of carboxylic acids is 4. The van der Waals surface area contributed by atoms with E-state index in [0.29, 0.717) is 0 Å². The minimum absolute atomic E-state index is 0.563. The molecule has 0 rings (SSSR count). The molecule has 14 nitrogen and oxygen atoms in total. The molecule has 0 saturated heterocycles. The summed E-state index contributed by atoms with van der Waals surface area (Å²) in [6.07, 6.45) is -2.35. The number of carbonyl (C=O) groups excluding carboxylic acids is 3. The van der Waals surface area contributed by atoms with Crippen molar-refractivity contribution in [2.75, 3.05) is 0 Å². The van der Waals surface area contributed by atoms with Crippen LogP contribution in [0.5, 0.6) is 0 Å². The molecule has 0 spiro atoms. The third-order valence-electron chi connectivity index (χ3n) is 3.69. The Hall–Kier alpha value is -3.71. The first-order valence-electron chi connectivity index (χ1n) is 8.53. The molecule has 0 unspecified atom stereocenters. The van der Waals surface area contributed by atoms with Gasteiger partial charge in [-0.05, 0) is 6.92 Å². The van der Waals surface area contributed by atoms with Crippen molar-refractivity contribution in [1.29, 1.82) is 0 Å². The van der Waals surface area contributed by atoms with Crippen LogP contribution < -0.4 is 16.0 Å². The molecule has 0 bridgehead atoms. The zero-order valence-corrected chi connectivity index (χ0v) is 16.1. The topological polar surface area (TPSA) is 236 Å². The second-order valence-corrected chi connectivity index (χ2v) is 6.39. The van der Waals surface area contributed by atoms with Gasteiger partial charge in [-0.15, -0.1) is 0 Å². The summed E-state index contributed by atoms with van der Waals surface area (Å²) in [5, 5.41) is 41.2. The summed E-state index contributed by atoms with van der Waals surface area (Å²) in [5.74, 6) is -9.98. The number of aliphatic carboxylic acids is 4. The van der Waals surface area contributed by atoms with Crippen molar-refractivity contribution in [1.82, 2.24) is 16.0 Å². The van der Waals surface area contributed by atoms with Gasteiger partial charge in [-0.2, -0.15) is 0 Å². The standard InChI is InChI=1S/C16H23N3O11/c1-6(3-10(20)21)13(26)18-8(4-11(22)23)15(28)17-7(2)14(27)19-9(16(29)30)5-12(24)25/h6-9H,3-5H2,1-2H3,(H,17,28)(H,18,26)(H,19,27)(H,20,21)(H,22,23)(H,24,25)(H,29,30)/t6-,7-,8-,9-/m0/s1. The van der Waals surface area contributed by atoms with Crippen LogP contribution in [0.25, 0.3) is 0 Å². The first-order chi connectivity index (χ1) is 13.7. The Balaban J connectivity index is 5.12. The fraction of sp³-hybridized carbons (Fsp3) is 0.562. The van der Waals surface area contributed by atoms with E-state index in [1.165, 1.54) is 6.92 Å². The Morgan fingerprint density at radius 3 is 1.47 bits per heavy atom. The highest BCUT2D eigenvalue weighted by Gasteiger charge is 2.30. The molecule has 4 atom stereocenters. The molecule has 0 radical (unpaired) electrons. The van der Waals surface area contributed by atoms with Crippen molar-refractivity contribution in [3.63, 3.8) is 0 Å². The summed E-state index contributed by atoms with van der Waals surface area (Å²) in [7, 11) is 0. The Labute approximate surface area is 169 Å². The Bertz CT molecular complexity index is 721. The van der Waals surface area contributed by atoms with Gasteiger partial charge in [0.1, 0.15) is 18.1 Å². The van der Waals surface area contributed by atoms with Crippen LogP contribution in [0.2, 0.25) is 0 Å². The summed E-state index contributed by atoms with van der Waals surface area (Å²) >= 11 is 0. The van der Waals surface area contributed by atoms with Crippen LogP contribution in [-0.4, -0.2) is 80.2 Å². The van der Waals surface area contributed by atoms with E-state index < -0.39 is 84.9 Å². The van der Waals surface area contributed by atoms with Gasteiger partial charge in [-0.25, -0.2) is 4.79 Å². The molecule has 0 fully saturated rings. The third kappa shape index (κ3) is 10.0. The number of hydrogen-bond acceptors (Lipinski definition) is 7. The maximum atomic E-state index is 12.3. The van der Waals surface area contributed by atoms with Crippen LogP contribution in [0.4, 0.5) is 0 Å². The molecule has 168 valence electrons. The normalized spacial score (nSPS) is 14.3. The van der Waals surface area contributed by atoms with E-state index in [1.807, 2.05) is 5.32 Å². The molecule has 0 aromatic carbocycles. The minimum Gasteiger partial charge on any atom is -0.481 e. The highest BCUT2D eigenvalue weighted by molar-refractivity contribution is 5.95. The minimum atomic E-state index is -1.76. The van der Waals surface area contributed by atoms with Crippen molar-refractivity contribution in [2.45, 2.75) is 51.2 Å². The number of amides is 3. The largest absolute Gasteiger partial charge is 0.481 e. The first-order valence-corrected chi connectivity index (χ1v) is 8.53. The van der Waals surface area contributed by atoms with E-state index in [0.717, 1.165) is 6.92 Å². The monoisotopic (exact) mass is 433 g/mol. The van der Waals surface area contributed by atoms with Gasteiger partial charge in [0.05, 0.1) is 19.3 Å². The molecule has 0 aliphatic carbocycles. The Morgan fingerprint density at radius 2 is 1.03 bits per heavy atom. The van der Waals surface area contributed by atoms with Gasteiger partial charge in [0.15, 0.2) is 0 Å². The van der Waals surface area contributed by atoms with Gasteiger partial charge in [-0.3, -0.25) is 28.8 Å². The second kappa shape index (κ2) is 12.0. The van der Waals surface area contributed by atoms with Gasteiger partial charge in [0, 0.05) is 5.92 Å². The average molecular weight is 433 g/mol. The van der Waals surface area contributed by atoms with Crippen LogP contribution in [0.3, 0.4) is 0 Å². The van der Waals surface area contributed by atoms with Gasteiger partial charge in [-0.1, -0.05) is 6.92 Å². The molecule has 0 heterocycles. The lowest BCUT2D eigenvalue weighted by Crippen LogP contribution is -2.55. The molecule has 0 saturated carbocycles. The number of carboxylic acid groups (broad SMARTS) is 4. The fourth-order valence-electron chi connectivity index (χ4n) is 2.10. The lowest BCUT2D eigenvalue weighted by Gasteiger charge is -2.22. The predicted octanol–water partition coefficient (Wildman–Crippen LogP) is -2.39. The molecular formula is C16H23N3O11. The molecule has 30 heavy (non-hydrogen) atoms. The zero-order chi connectivity index (χ0) is 23.6. The quantitative estimate of drug-likeness (QED) is 0.162. The number of nitrogens with one attached hydrogen (secondary N) is 3. The summed E-state index contributed by atoms with van der Waals surface area (Å²) in [6, 6.07) is -4.81.